The fourth-order valence-corrected chi connectivity index (χ4v) is 2.14. The van der Waals surface area contributed by atoms with Gasteiger partial charge < -0.3 is 32.9 Å². The van der Waals surface area contributed by atoms with Gasteiger partial charge in [0.2, 0.25) is 11.8 Å². The molecule has 2 amide bonds. The molecule has 3 atom stereocenters. The summed E-state index contributed by atoms with van der Waals surface area (Å²) in [4.78, 5) is 35.5. The van der Waals surface area contributed by atoms with Crippen LogP contribution in [0.25, 0.3) is 0 Å². The Labute approximate surface area is 147 Å². The highest BCUT2D eigenvalue weighted by molar-refractivity contribution is 7.80. The number of amides is 2. The van der Waals surface area contributed by atoms with Crippen LogP contribution in [0.5, 0.6) is 0 Å². The number of thiol groups is 1. The van der Waals surface area contributed by atoms with Gasteiger partial charge in [0.05, 0.1) is 6.04 Å². The number of unbranched alkanes of at least 4 members (excludes halogenated alkanes) is 1. The minimum Gasteiger partial charge on any atom is -0.480 e. The summed E-state index contributed by atoms with van der Waals surface area (Å²) in [6.45, 7) is 0.791. The molecule has 0 aromatic rings. The van der Waals surface area contributed by atoms with Gasteiger partial charge >= 0.3 is 5.97 Å². The molecule has 24 heavy (non-hydrogen) atoms. The topological polar surface area (TPSA) is 174 Å². The summed E-state index contributed by atoms with van der Waals surface area (Å²) in [5.41, 5.74) is 16.4. The lowest BCUT2D eigenvalue weighted by Crippen LogP contribution is -2.54. The molecular weight excluding hydrogens is 334 g/mol. The molecule has 0 rings (SSSR count). The molecule has 0 bridgehead atoms. The van der Waals surface area contributed by atoms with Crippen molar-refractivity contribution in [2.75, 3.05) is 18.8 Å². The number of carboxylic acids is 1. The predicted octanol–water partition coefficient (Wildman–Crippen LogP) is -1.83. The number of hydrogen-bond acceptors (Lipinski definition) is 7. The van der Waals surface area contributed by atoms with Crippen molar-refractivity contribution in [3.63, 3.8) is 0 Å². The van der Waals surface area contributed by atoms with Gasteiger partial charge in [0.15, 0.2) is 0 Å². The third-order valence-corrected chi connectivity index (χ3v) is 3.82. The average Bonchev–Trinajstić information content (AvgIpc) is 2.56. The third kappa shape index (κ3) is 9.06. The fourth-order valence-electron chi connectivity index (χ4n) is 1.97. The molecule has 0 saturated heterocycles. The minimum absolute atomic E-state index is 0.136. The van der Waals surface area contributed by atoms with Crippen LogP contribution in [0.15, 0.2) is 0 Å². The number of carboxylic acid groups (broad SMARTS) is 1. The monoisotopic (exact) mass is 363 g/mol. The second-order valence-corrected chi connectivity index (χ2v) is 5.83. The van der Waals surface area contributed by atoms with E-state index in [9.17, 15) is 14.4 Å². The number of carbonyl (C=O) groups excluding carboxylic acids is 2. The van der Waals surface area contributed by atoms with Crippen LogP contribution in [-0.4, -0.2) is 59.9 Å². The Bertz CT molecular complexity index is 411. The van der Waals surface area contributed by atoms with E-state index in [4.69, 9.17) is 22.3 Å². The average molecular weight is 363 g/mol. The molecule has 9 nitrogen and oxygen atoms in total. The molecule has 0 aromatic carbocycles. The van der Waals surface area contributed by atoms with Crippen molar-refractivity contribution in [2.45, 2.75) is 50.2 Å². The van der Waals surface area contributed by atoms with E-state index >= 15 is 0 Å². The number of aliphatic carboxylic acids is 1. The van der Waals surface area contributed by atoms with E-state index in [0.29, 0.717) is 38.8 Å². The number of nitrogens with one attached hydrogen (secondary N) is 2. The van der Waals surface area contributed by atoms with Gasteiger partial charge in [0.25, 0.3) is 0 Å². The minimum atomic E-state index is -1.14. The maximum atomic E-state index is 12.4. The zero-order valence-electron chi connectivity index (χ0n) is 13.7. The van der Waals surface area contributed by atoms with E-state index < -0.39 is 35.9 Å². The largest absolute Gasteiger partial charge is 0.480 e. The molecule has 0 saturated carbocycles. The zero-order chi connectivity index (χ0) is 18.5. The van der Waals surface area contributed by atoms with Crippen molar-refractivity contribution >= 4 is 30.4 Å². The van der Waals surface area contributed by atoms with Gasteiger partial charge in [-0.3, -0.25) is 9.59 Å². The standard InChI is InChI=1S/C14H29N5O4S/c15-6-2-1-4-10(18-12(20)9(17)8-24)13(21)19-11(14(22)23)5-3-7-16/h9-11,24H,1-8,15-17H2,(H,18,20)(H,19,21)(H,22,23)/t9-,10-,11-/m0/s1. The quantitative estimate of drug-likeness (QED) is 0.149. The van der Waals surface area contributed by atoms with Gasteiger partial charge in [-0.2, -0.15) is 12.6 Å². The van der Waals surface area contributed by atoms with Crippen molar-refractivity contribution in [1.29, 1.82) is 0 Å². The third-order valence-electron chi connectivity index (χ3n) is 3.42. The van der Waals surface area contributed by atoms with E-state index in [1.165, 1.54) is 0 Å². The Balaban J connectivity index is 4.86. The molecule has 9 N–H and O–H groups in total. The van der Waals surface area contributed by atoms with Crippen LogP contribution < -0.4 is 27.8 Å². The summed E-state index contributed by atoms with van der Waals surface area (Å²) in [5.74, 6) is -2.07. The van der Waals surface area contributed by atoms with E-state index in [-0.39, 0.29) is 12.2 Å². The molecule has 0 heterocycles. The lowest BCUT2D eigenvalue weighted by molar-refractivity contribution is -0.142. The molecule has 0 spiro atoms. The normalized spacial score (nSPS) is 14.5. The predicted molar refractivity (Wildman–Crippen MR) is 94.5 cm³/mol. The van der Waals surface area contributed by atoms with Crippen LogP contribution in [-0.2, 0) is 14.4 Å². The van der Waals surface area contributed by atoms with Crippen molar-refractivity contribution in [1.82, 2.24) is 10.6 Å². The molecule has 0 fully saturated rings. The molecule has 0 radical (unpaired) electrons. The first-order valence-electron chi connectivity index (χ1n) is 7.97. The van der Waals surface area contributed by atoms with Crippen molar-refractivity contribution in [2.24, 2.45) is 17.2 Å². The second kappa shape index (κ2) is 13.0. The molecule has 140 valence electrons. The molecule has 0 aromatic heterocycles. The summed E-state index contributed by atoms with van der Waals surface area (Å²) in [7, 11) is 0. The van der Waals surface area contributed by atoms with Crippen LogP contribution >= 0.6 is 12.6 Å². The Hall–Kier alpha value is -1.36. The van der Waals surface area contributed by atoms with Gasteiger partial charge in [0.1, 0.15) is 12.1 Å². The van der Waals surface area contributed by atoms with Crippen LogP contribution in [0, 0.1) is 0 Å². The summed E-state index contributed by atoms with van der Waals surface area (Å²) in [6, 6.07) is -2.76. The summed E-state index contributed by atoms with van der Waals surface area (Å²) in [6.07, 6.45) is 2.33. The fraction of sp³-hybridized carbons (Fsp3) is 0.786. The summed E-state index contributed by atoms with van der Waals surface area (Å²) < 4.78 is 0. The molecule has 10 heteroatoms. The first-order chi connectivity index (χ1) is 11.4. The highest BCUT2D eigenvalue weighted by Gasteiger charge is 2.27. The SMILES string of the molecule is NCCCC[C@H](NC(=O)[C@@H](N)CS)C(=O)N[C@@H](CCCN)C(=O)O. The van der Waals surface area contributed by atoms with Crippen molar-refractivity contribution in [3.05, 3.63) is 0 Å². The van der Waals surface area contributed by atoms with E-state index in [1.54, 1.807) is 0 Å². The molecule has 0 aliphatic heterocycles. The van der Waals surface area contributed by atoms with Crippen LogP contribution in [0.2, 0.25) is 0 Å². The smallest absolute Gasteiger partial charge is 0.326 e. The van der Waals surface area contributed by atoms with E-state index in [2.05, 4.69) is 23.3 Å². The van der Waals surface area contributed by atoms with Gasteiger partial charge in [0, 0.05) is 5.75 Å². The first kappa shape index (κ1) is 22.6. The highest BCUT2D eigenvalue weighted by Crippen LogP contribution is 2.04. The number of rotatable bonds is 13. The lowest BCUT2D eigenvalue weighted by atomic mass is 10.1. The first-order valence-corrected chi connectivity index (χ1v) is 8.60. The van der Waals surface area contributed by atoms with Gasteiger partial charge in [-0.15, -0.1) is 0 Å². The molecule has 0 aliphatic carbocycles. The Morgan fingerprint density at radius 2 is 1.46 bits per heavy atom. The Kier molecular flexibility index (Phi) is 12.3. The van der Waals surface area contributed by atoms with Gasteiger partial charge in [-0.05, 0) is 45.2 Å². The number of carbonyl (C=O) groups is 3. The zero-order valence-corrected chi connectivity index (χ0v) is 14.6. The Morgan fingerprint density at radius 1 is 0.917 bits per heavy atom. The lowest BCUT2D eigenvalue weighted by Gasteiger charge is -2.22. The highest BCUT2D eigenvalue weighted by atomic mass is 32.1. The van der Waals surface area contributed by atoms with Gasteiger partial charge in [-0.1, -0.05) is 0 Å². The molecule has 0 aliphatic rings. The van der Waals surface area contributed by atoms with Crippen molar-refractivity contribution in [3.8, 4) is 0 Å². The Morgan fingerprint density at radius 3 is 1.96 bits per heavy atom. The summed E-state index contributed by atoms with van der Waals surface area (Å²) in [5, 5.41) is 14.1. The maximum Gasteiger partial charge on any atom is 0.326 e. The van der Waals surface area contributed by atoms with Crippen LogP contribution in [0.4, 0.5) is 0 Å². The van der Waals surface area contributed by atoms with Crippen molar-refractivity contribution < 1.29 is 19.5 Å². The molecular formula is C14H29N5O4S. The van der Waals surface area contributed by atoms with Gasteiger partial charge in [-0.25, -0.2) is 4.79 Å². The van der Waals surface area contributed by atoms with E-state index in [0.717, 1.165) is 0 Å². The van der Waals surface area contributed by atoms with E-state index in [1.807, 2.05) is 0 Å². The van der Waals surface area contributed by atoms with Crippen LogP contribution in [0.1, 0.15) is 32.1 Å². The van der Waals surface area contributed by atoms with Crippen LogP contribution in [0.3, 0.4) is 0 Å². The number of nitrogens with two attached hydrogens (primary N) is 3. The second-order valence-electron chi connectivity index (χ2n) is 5.47. The summed E-state index contributed by atoms with van der Waals surface area (Å²) >= 11 is 3.94. The maximum absolute atomic E-state index is 12.4. The molecule has 0 unspecified atom stereocenters. The number of hydrogen-bond donors (Lipinski definition) is 7.